The van der Waals surface area contributed by atoms with Crippen LogP contribution in [0.1, 0.15) is 33.5 Å². The number of carbonyl (C=O) groups is 3. The molecule has 0 atom stereocenters. The molecule has 8 heteroatoms. The number of Topliss-reactive ketones (excluding diaryl/α,β-unsaturated/α-hetero) is 1. The predicted molar refractivity (Wildman–Crippen MR) is 106 cm³/mol. The van der Waals surface area contributed by atoms with Crippen LogP contribution in [0.3, 0.4) is 0 Å². The molecule has 6 nitrogen and oxygen atoms in total. The highest BCUT2D eigenvalue weighted by Gasteiger charge is 2.29. The fraction of sp³-hybridized carbons (Fsp3) is 0.136. The van der Waals surface area contributed by atoms with Gasteiger partial charge in [-0.2, -0.15) is 0 Å². The Morgan fingerprint density at radius 2 is 1.53 bits per heavy atom. The Morgan fingerprint density at radius 3 is 2.10 bits per heavy atom. The number of ketones is 1. The summed E-state index contributed by atoms with van der Waals surface area (Å²) < 4.78 is 31.5. The summed E-state index contributed by atoms with van der Waals surface area (Å²) in [7, 11) is 0. The van der Waals surface area contributed by atoms with E-state index in [2.05, 4.69) is 10.3 Å². The minimum absolute atomic E-state index is 0.0846. The molecule has 0 fully saturated rings. The van der Waals surface area contributed by atoms with Crippen LogP contribution in [0.4, 0.5) is 14.5 Å². The summed E-state index contributed by atoms with van der Waals surface area (Å²) >= 11 is 0. The van der Waals surface area contributed by atoms with Gasteiger partial charge in [0.05, 0.1) is 12.2 Å². The van der Waals surface area contributed by atoms with Gasteiger partial charge < -0.3 is 15.0 Å². The predicted octanol–water partition coefficient (Wildman–Crippen LogP) is 4.27. The van der Waals surface area contributed by atoms with Gasteiger partial charge in [0.25, 0.3) is 11.7 Å². The van der Waals surface area contributed by atoms with Gasteiger partial charge in [-0.1, -0.05) is 12.1 Å². The Morgan fingerprint density at radius 1 is 0.967 bits per heavy atom. The molecule has 3 rings (SSSR count). The zero-order chi connectivity index (χ0) is 21.8. The van der Waals surface area contributed by atoms with Crippen LogP contribution in [0, 0.1) is 18.6 Å². The average Bonchev–Trinajstić information content (AvgIpc) is 3.07. The number of carbonyl (C=O) groups excluding carboxylic acids is 3. The normalized spacial score (nSPS) is 10.5. The summed E-state index contributed by atoms with van der Waals surface area (Å²) in [5.41, 5.74) is 1.01. The first kappa shape index (κ1) is 20.9. The summed E-state index contributed by atoms with van der Waals surface area (Å²) in [6.07, 6.45) is 0. The zero-order valence-electron chi connectivity index (χ0n) is 16.2. The molecule has 0 radical (unpaired) electrons. The van der Waals surface area contributed by atoms with E-state index >= 15 is 0 Å². The van der Waals surface area contributed by atoms with Gasteiger partial charge in [0.1, 0.15) is 17.3 Å². The number of rotatable bonds is 6. The molecular formula is C22H18F2N2O4. The second-order valence-corrected chi connectivity index (χ2v) is 6.39. The molecule has 0 aliphatic heterocycles. The van der Waals surface area contributed by atoms with Crippen molar-refractivity contribution < 1.29 is 27.9 Å². The van der Waals surface area contributed by atoms with Crippen molar-refractivity contribution in [3.05, 3.63) is 77.1 Å². The molecule has 1 heterocycles. The lowest BCUT2D eigenvalue weighted by Gasteiger charge is -2.08. The highest BCUT2D eigenvalue weighted by atomic mass is 19.1. The highest BCUT2D eigenvalue weighted by Crippen LogP contribution is 2.32. The number of nitrogens with one attached hydrogen (secondary N) is 2. The van der Waals surface area contributed by atoms with E-state index in [-0.39, 0.29) is 29.1 Å². The number of amides is 1. The van der Waals surface area contributed by atoms with Crippen LogP contribution in [-0.2, 0) is 9.53 Å². The molecule has 0 spiro atoms. The number of benzene rings is 2. The molecule has 1 aromatic heterocycles. The van der Waals surface area contributed by atoms with Crippen LogP contribution in [-0.4, -0.2) is 29.3 Å². The van der Waals surface area contributed by atoms with Crippen LogP contribution >= 0.6 is 0 Å². The molecule has 2 aromatic carbocycles. The number of hydrogen-bond acceptors (Lipinski definition) is 4. The SMILES string of the molecule is CCOC(=O)c1c(C)[nH]c(C(=O)C(=O)Nc2ccc(F)cc2)c1-c1ccc(F)cc1. The van der Waals surface area contributed by atoms with E-state index in [1.807, 2.05) is 0 Å². The summed E-state index contributed by atoms with van der Waals surface area (Å²) in [5.74, 6) is -3.59. The molecule has 2 N–H and O–H groups in total. The summed E-state index contributed by atoms with van der Waals surface area (Å²) in [6.45, 7) is 3.31. The number of ether oxygens (including phenoxy) is 1. The van der Waals surface area contributed by atoms with Gasteiger partial charge in [-0.25, -0.2) is 13.6 Å². The van der Waals surface area contributed by atoms with Gasteiger partial charge in [-0.15, -0.1) is 0 Å². The van der Waals surface area contributed by atoms with Gasteiger partial charge in [0.2, 0.25) is 0 Å². The van der Waals surface area contributed by atoms with Crippen molar-refractivity contribution in [2.75, 3.05) is 11.9 Å². The largest absolute Gasteiger partial charge is 0.462 e. The van der Waals surface area contributed by atoms with Crippen molar-refractivity contribution in [1.29, 1.82) is 0 Å². The van der Waals surface area contributed by atoms with E-state index in [0.717, 1.165) is 12.1 Å². The van der Waals surface area contributed by atoms with Crippen LogP contribution in [0.5, 0.6) is 0 Å². The Balaban J connectivity index is 2.04. The van der Waals surface area contributed by atoms with Gasteiger partial charge in [-0.3, -0.25) is 9.59 Å². The summed E-state index contributed by atoms with van der Waals surface area (Å²) in [4.78, 5) is 40.6. The van der Waals surface area contributed by atoms with E-state index in [0.29, 0.717) is 11.3 Å². The van der Waals surface area contributed by atoms with E-state index in [1.165, 1.54) is 36.4 Å². The molecule has 0 saturated carbocycles. The maximum atomic E-state index is 13.4. The first-order valence-electron chi connectivity index (χ1n) is 9.08. The standard InChI is InChI=1S/C22H18F2N2O4/c1-3-30-22(29)17-12(2)25-19(18(17)13-4-6-14(23)7-5-13)20(27)21(28)26-16-10-8-15(24)9-11-16/h4-11,25H,3H2,1-2H3,(H,26,28). The number of halogens is 2. The minimum atomic E-state index is -0.985. The minimum Gasteiger partial charge on any atom is -0.462 e. The Labute approximate surface area is 170 Å². The topological polar surface area (TPSA) is 88.3 Å². The lowest BCUT2D eigenvalue weighted by Crippen LogP contribution is -2.24. The maximum absolute atomic E-state index is 13.4. The molecule has 0 unspecified atom stereocenters. The van der Waals surface area contributed by atoms with Crippen molar-refractivity contribution in [3.63, 3.8) is 0 Å². The van der Waals surface area contributed by atoms with Crippen molar-refractivity contribution in [2.45, 2.75) is 13.8 Å². The monoisotopic (exact) mass is 412 g/mol. The molecule has 30 heavy (non-hydrogen) atoms. The third-order valence-corrected chi connectivity index (χ3v) is 4.34. The van der Waals surface area contributed by atoms with Crippen molar-refractivity contribution >= 4 is 23.3 Å². The molecular weight excluding hydrogens is 394 g/mol. The third-order valence-electron chi connectivity index (χ3n) is 4.34. The summed E-state index contributed by atoms with van der Waals surface area (Å²) in [6, 6.07) is 10.1. The number of hydrogen-bond donors (Lipinski definition) is 2. The van der Waals surface area contributed by atoms with E-state index in [9.17, 15) is 23.2 Å². The zero-order valence-corrected chi connectivity index (χ0v) is 16.2. The fourth-order valence-electron chi connectivity index (χ4n) is 2.99. The fourth-order valence-corrected chi connectivity index (χ4v) is 2.99. The number of aryl methyl sites for hydroxylation is 1. The molecule has 0 aliphatic rings. The number of aromatic nitrogens is 1. The number of esters is 1. The summed E-state index contributed by atoms with van der Waals surface area (Å²) in [5, 5.41) is 2.39. The third kappa shape index (κ3) is 4.27. The van der Waals surface area contributed by atoms with Crippen molar-refractivity contribution in [1.82, 2.24) is 4.98 Å². The molecule has 1 amide bonds. The van der Waals surface area contributed by atoms with Gasteiger partial charge in [0.15, 0.2) is 0 Å². The number of aromatic amines is 1. The molecule has 3 aromatic rings. The van der Waals surface area contributed by atoms with Crippen LogP contribution < -0.4 is 5.32 Å². The van der Waals surface area contributed by atoms with Crippen LogP contribution in [0.2, 0.25) is 0 Å². The Kier molecular flexibility index (Phi) is 6.06. The van der Waals surface area contributed by atoms with E-state index in [4.69, 9.17) is 4.74 Å². The van der Waals surface area contributed by atoms with E-state index < -0.39 is 29.3 Å². The highest BCUT2D eigenvalue weighted by molar-refractivity contribution is 6.47. The van der Waals surface area contributed by atoms with Crippen LogP contribution in [0.25, 0.3) is 11.1 Å². The lowest BCUT2D eigenvalue weighted by molar-refractivity contribution is -0.112. The van der Waals surface area contributed by atoms with Gasteiger partial charge in [0, 0.05) is 16.9 Å². The quantitative estimate of drug-likeness (QED) is 0.360. The van der Waals surface area contributed by atoms with Gasteiger partial charge >= 0.3 is 5.97 Å². The van der Waals surface area contributed by atoms with E-state index in [1.54, 1.807) is 13.8 Å². The van der Waals surface area contributed by atoms with Crippen molar-refractivity contribution in [3.8, 4) is 11.1 Å². The smallest absolute Gasteiger partial charge is 0.340 e. The van der Waals surface area contributed by atoms with Crippen molar-refractivity contribution in [2.24, 2.45) is 0 Å². The molecule has 0 bridgehead atoms. The number of anilines is 1. The lowest BCUT2D eigenvalue weighted by atomic mass is 9.98. The van der Waals surface area contributed by atoms with Crippen LogP contribution in [0.15, 0.2) is 48.5 Å². The first-order chi connectivity index (χ1) is 14.3. The molecule has 0 saturated heterocycles. The first-order valence-corrected chi connectivity index (χ1v) is 9.08. The Bertz CT molecular complexity index is 1100. The Hall–Kier alpha value is -3.81. The maximum Gasteiger partial charge on any atom is 0.340 e. The number of H-pyrrole nitrogens is 1. The average molecular weight is 412 g/mol. The second kappa shape index (κ2) is 8.69. The molecule has 0 aliphatic carbocycles. The van der Waals surface area contributed by atoms with Gasteiger partial charge in [-0.05, 0) is 55.8 Å². The second-order valence-electron chi connectivity index (χ2n) is 6.39. The molecule has 154 valence electrons.